The van der Waals surface area contributed by atoms with Crippen molar-refractivity contribution >= 4 is 5.69 Å². The van der Waals surface area contributed by atoms with Crippen molar-refractivity contribution in [3.05, 3.63) is 24.3 Å². The molecule has 0 saturated heterocycles. The third-order valence-corrected chi connectivity index (χ3v) is 2.25. The van der Waals surface area contributed by atoms with Crippen LogP contribution in [0.2, 0.25) is 0 Å². The molecule has 0 aliphatic heterocycles. The van der Waals surface area contributed by atoms with E-state index < -0.39 is 0 Å². The summed E-state index contributed by atoms with van der Waals surface area (Å²) in [6, 6.07) is 7.82. The highest BCUT2D eigenvalue weighted by atomic mass is 16.5. The molecule has 0 aliphatic carbocycles. The van der Waals surface area contributed by atoms with Crippen LogP contribution in [0.3, 0.4) is 0 Å². The minimum atomic E-state index is -0.381. The zero-order valence-electron chi connectivity index (χ0n) is 9.60. The Morgan fingerprint density at radius 2 is 2.13 bits per heavy atom. The fourth-order valence-corrected chi connectivity index (χ4v) is 1.16. The molecule has 0 radical (unpaired) electrons. The van der Waals surface area contributed by atoms with E-state index in [1.807, 2.05) is 50.2 Å². The lowest BCUT2D eigenvalue weighted by Crippen LogP contribution is -2.16. The van der Waals surface area contributed by atoms with Crippen LogP contribution in [-0.4, -0.2) is 31.9 Å². The zero-order valence-corrected chi connectivity index (χ0v) is 9.60. The molecule has 0 fully saturated rings. The monoisotopic (exact) mass is 209 g/mol. The largest absolute Gasteiger partial charge is 0.491 e. The number of aliphatic hydroxyl groups is 1. The Hall–Kier alpha value is -1.22. The van der Waals surface area contributed by atoms with Crippen LogP contribution in [-0.2, 0) is 0 Å². The van der Waals surface area contributed by atoms with Crippen molar-refractivity contribution in [2.75, 3.05) is 25.6 Å². The van der Waals surface area contributed by atoms with Crippen molar-refractivity contribution in [1.82, 2.24) is 0 Å². The van der Waals surface area contributed by atoms with Gasteiger partial charge in [0.05, 0.1) is 6.10 Å². The number of ether oxygens (including phenoxy) is 1. The Bertz CT molecular complexity index is 299. The second-order valence-corrected chi connectivity index (χ2v) is 3.76. The quantitative estimate of drug-likeness (QED) is 0.804. The zero-order chi connectivity index (χ0) is 11.3. The van der Waals surface area contributed by atoms with Gasteiger partial charge in [0.2, 0.25) is 0 Å². The van der Waals surface area contributed by atoms with Gasteiger partial charge in [-0.15, -0.1) is 0 Å². The van der Waals surface area contributed by atoms with E-state index >= 15 is 0 Å². The van der Waals surface area contributed by atoms with Crippen LogP contribution in [0.5, 0.6) is 5.75 Å². The number of nitrogens with zero attached hydrogens (tertiary/aromatic N) is 1. The minimum absolute atomic E-state index is 0.355. The van der Waals surface area contributed by atoms with Gasteiger partial charge < -0.3 is 14.7 Å². The first kappa shape index (κ1) is 11.9. The van der Waals surface area contributed by atoms with E-state index in [1.54, 1.807) is 0 Å². The molecule has 1 aromatic rings. The smallest absolute Gasteiger partial charge is 0.121 e. The summed E-state index contributed by atoms with van der Waals surface area (Å²) < 4.78 is 5.47. The third-order valence-electron chi connectivity index (χ3n) is 2.25. The van der Waals surface area contributed by atoms with Gasteiger partial charge in [-0.3, -0.25) is 0 Å². The van der Waals surface area contributed by atoms with Crippen molar-refractivity contribution in [1.29, 1.82) is 0 Å². The number of aliphatic hydroxyl groups excluding tert-OH is 1. The third kappa shape index (κ3) is 3.80. The Morgan fingerprint density at radius 1 is 1.40 bits per heavy atom. The van der Waals surface area contributed by atoms with Crippen molar-refractivity contribution in [3.8, 4) is 5.75 Å². The summed E-state index contributed by atoms with van der Waals surface area (Å²) in [6.07, 6.45) is 0.334. The molecular formula is C12H19NO2. The number of benzene rings is 1. The highest BCUT2D eigenvalue weighted by Gasteiger charge is 2.02. The van der Waals surface area contributed by atoms with Gasteiger partial charge in [-0.1, -0.05) is 13.0 Å². The second kappa shape index (κ2) is 5.61. The van der Waals surface area contributed by atoms with E-state index in [-0.39, 0.29) is 6.10 Å². The summed E-state index contributed by atoms with van der Waals surface area (Å²) in [5.74, 6) is 0.800. The lowest BCUT2D eigenvalue weighted by molar-refractivity contribution is 0.104. The molecular weight excluding hydrogens is 190 g/mol. The first-order valence-electron chi connectivity index (χ1n) is 5.21. The van der Waals surface area contributed by atoms with Gasteiger partial charge in [-0.05, 0) is 18.6 Å². The van der Waals surface area contributed by atoms with Gasteiger partial charge in [-0.25, -0.2) is 0 Å². The first-order chi connectivity index (χ1) is 7.13. The predicted octanol–water partition coefficient (Wildman–Crippen LogP) is 1.90. The Balaban J connectivity index is 2.58. The summed E-state index contributed by atoms with van der Waals surface area (Å²) >= 11 is 0. The summed E-state index contributed by atoms with van der Waals surface area (Å²) in [5, 5.41) is 9.36. The number of anilines is 1. The average Bonchev–Trinajstić information content (AvgIpc) is 2.26. The van der Waals surface area contributed by atoms with E-state index in [0.29, 0.717) is 13.0 Å². The fraction of sp³-hybridized carbons (Fsp3) is 0.500. The number of hydrogen-bond donors (Lipinski definition) is 1. The van der Waals surface area contributed by atoms with E-state index in [2.05, 4.69) is 0 Å². The highest BCUT2D eigenvalue weighted by Crippen LogP contribution is 2.19. The molecule has 1 unspecified atom stereocenters. The maximum Gasteiger partial charge on any atom is 0.121 e. The van der Waals surface area contributed by atoms with Crippen molar-refractivity contribution in [2.45, 2.75) is 19.4 Å². The Labute approximate surface area is 91.3 Å². The van der Waals surface area contributed by atoms with Crippen LogP contribution in [0, 0.1) is 0 Å². The molecule has 0 bridgehead atoms. The van der Waals surface area contributed by atoms with Crippen molar-refractivity contribution in [3.63, 3.8) is 0 Å². The van der Waals surface area contributed by atoms with Crippen LogP contribution in [0.1, 0.15) is 13.3 Å². The highest BCUT2D eigenvalue weighted by molar-refractivity contribution is 5.49. The molecule has 15 heavy (non-hydrogen) atoms. The molecule has 1 atom stereocenters. The molecule has 0 spiro atoms. The Morgan fingerprint density at radius 3 is 2.73 bits per heavy atom. The maximum atomic E-state index is 9.36. The van der Waals surface area contributed by atoms with Gasteiger partial charge in [0.25, 0.3) is 0 Å². The molecule has 0 amide bonds. The minimum Gasteiger partial charge on any atom is -0.491 e. The second-order valence-electron chi connectivity index (χ2n) is 3.76. The summed E-state index contributed by atoms with van der Waals surface area (Å²) in [7, 11) is 3.97. The van der Waals surface area contributed by atoms with Crippen LogP contribution in [0.15, 0.2) is 24.3 Å². The summed E-state index contributed by atoms with van der Waals surface area (Å²) in [5.41, 5.74) is 1.10. The topological polar surface area (TPSA) is 32.7 Å². The van der Waals surface area contributed by atoms with E-state index in [4.69, 9.17) is 4.74 Å². The van der Waals surface area contributed by atoms with Gasteiger partial charge in [0.1, 0.15) is 12.4 Å². The summed E-state index contributed by atoms with van der Waals surface area (Å²) in [6.45, 7) is 2.29. The molecule has 84 valence electrons. The van der Waals surface area contributed by atoms with Crippen molar-refractivity contribution < 1.29 is 9.84 Å². The molecule has 0 aromatic heterocycles. The van der Waals surface area contributed by atoms with Gasteiger partial charge in [0, 0.05) is 25.8 Å². The summed E-state index contributed by atoms with van der Waals surface area (Å²) in [4.78, 5) is 2.02. The molecule has 1 rings (SSSR count). The van der Waals surface area contributed by atoms with Crippen LogP contribution in [0.25, 0.3) is 0 Å². The van der Waals surface area contributed by atoms with E-state index in [1.165, 1.54) is 0 Å². The lowest BCUT2D eigenvalue weighted by atomic mass is 10.3. The number of rotatable bonds is 5. The van der Waals surface area contributed by atoms with Crippen LogP contribution in [0.4, 0.5) is 5.69 Å². The van der Waals surface area contributed by atoms with Crippen LogP contribution < -0.4 is 9.64 Å². The van der Waals surface area contributed by atoms with Crippen LogP contribution >= 0.6 is 0 Å². The standard InChI is InChI=1S/C12H19NO2/c1-4-11(14)9-15-12-7-5-6-10(8-12)13(2)3/h5-8,11,14H,4,9H2,1-3H3. The average molecular weight is 209 g/mol. The van der Waals surface area contributed by atoms with E-state index in [0.717, 1.165) is 11.4 Å². The number of hydrogen-bond acceptors (Lipinski definition) is 3. The van der Waals surface area contributed by atoms with Crippen molar-refractivity contribution in [2.24, 2.45) is 0 Å². The van der Waals surface area contributed by atoms with Gasteiger partial charge in [-0.2, -0.15) is 0 Å². The normalized spacial score (nSPS) is 12.3. The molecule has 3 heteroatoms. The van der Waals surface area contributed by atoms with E-state index in [9.17, 15) is 5.11 Å². The van der Waals surface area contributed by atoms with Gasteiger partial charge in [0.15, 0.2) is 0 Å². The molecule has 0 aliphatic rings. The lowest BCUT2D eigenvalue weighted by Gasteiger charge is -2.15. The molecule has 3 nitrogen and oxygen atoms in total. The molecule has 1 aromatic carbocycles. The maximum absolute atomic E-state index is 9.36. The fourth-order valence-electron chi connectivity index (χ4n) is 1.16. The first-order valence-corrected chi connectivity index (χ1v) is 5.21. The SMILES string of the molecule is CCC(O)COc1cccc(N(C)C)c1. The van der Waals surface area contributed by atoms with Gasteiger partial charge >= 0.3 is 0 Å². The molecule has 1 N–H and O–H groups in total. The molecule has 0 saturated carbocycles. The predicted molar refractivity (Wildman–Crippen MR) is 62.6 cm³/mol. The molecule has 0 heterocycles. The Kier molecular flexibility index (Phi) is 4.43.